The Hall–Kier alpha value is -8.14. The predicted octanol–water partition coefficient (Wildman–Crippen LogP) is 15.6. The average molecular weight is 833 g/mol. The summed E-state index contributed by atoms with van der Waals surface area (Å²) in [7, 11) is 0. The monoisotopic (exact) mass is 832 g/mol. The molecule has 12 rings (SSSR count). The molecular weight excluding hydrogens is 789 g/mol. The second-order valence-electron chi connectivity index (χ2n) is 17.7. The molecule has 3 nitrogen and oxygen atoms in total. The molecule has 1 aliphatic carbocycles. The van der Waals surface area contributed by atoms with Crippen LogP contribution in [-0.2, 0) is 10.8 Å². The van der Waals surface area contributed by atoms with Gasteiger partial charge in [0.1, 0.15) is 11.5 Å². The Morgan fingerprint density at radius 3 is 1.45 bits per heavy atom. The molecule has 10 aromatic rings. The molecule has 1 aliphatic heterocycles. The number of para-hydroxylation sites is 2. The third kappa shape index (κ3) is 6.26. The molecule has 0 unspecified atom stereocenters. The van der Waals surface area contributed by atoms with Crippen molar-refractivity contribution in [2.24, 2.45) is 0 Å². The zero-order valence-corrected chi connectivity index (χ0v) is 36.2. The summed E-state index contributed by atoms with van der Waals surface area (Å²) in [4.78, 5) is 10.8. The highest BCUT2D eigenvalue weighted by molar-refractivity contribution is 5.87. The molecule has 0 saturated carbocycles. The van der Waals surface area contributed by atoms with Crippen LogP contribution in [0.3, 0.4) is 0 Å². The van der Waals surface area contributed by atoms with Gasteiger partial charge in [-0.2, -0.15) is 0 Å². The Kier molecular flexibility index (Phi) is 9.06. The van der Waals surface area contributed by atoms with E-state index in [2.05, 4.69) is 244 Å². The highest BCUT2D eigenvalue weighted by Gasteiger charge is 2.52. The van der Waals surface area contributed by atoms with E-state index in [1.54, 1.807) is 0 Å². The fourth-order valence-electron chi connectivity index (χ4n) is 10.6. The van der Waals surface area contributed by atoms with Crippen molar-refractivity contribution in [1.82, 2.24) is 9.97 Å². The van der Waals surface area contributed by atoms with Gasteiger partial charge in [0, 0.05) is 33.2 Å². The van der Waals surface area contributed by atoms with Gasteiger partial charge < -0.3 is 4.74 Å². The van der Waals surface area contributed by atoms with E-state index >= 15 is 0 Å². The Morgan fingerprint density at radius 2 is 0.785 bits per heavy atom. The molecule has 0 atom stereocenters. The lowest BCUT2D eigenvalue weighted by atomic mass is 9.53. The highest BCUT2D eigenvalue weighted by atomic mass is 16.5. The van der Waals surface area contributed by atoms with Gasteiger partial charge >= 0.3 is 0 Å². The Morgan fingerprint density at radius 1 is 0.308 bits per heavy atom. The highest BCUT2D eigenvalue weighted by Crippen LogP contribution is 2.61. The standard InChI is InChI=1S/C62H44N2O/c1-61(2)50-29-11-12-30-52(50)62(53-31-13-15-33-58(53)65-59-34-16-14-32-54(59)62)55-39-45(35-36-51(55)61)48-27-9-10-28-49(48)57-40-56(46-25-17-23-43(37-46)41-19-5-3-6-20-41)63-60(64-57)47-26-18-24-44(38-47)42-21-7-4-8-22-42/h3-40H,1-2H3. The maximum atomic E-state index is 6.72. The van der Waals surface area contributed by atoms with Crippen LogP contribution in [0.15, 0.2) is 231 Å². The molecule has 0 amide bonds. The molecule has 308 valence electrons. The van der Waals surface area contributed by atoms with E-state index in [0.717, 1.165) is 84.1 Å². The largest absolute Gasteiger partial charge is 0.457 e. The zero-order chi connectivity index (χ0) is 43.5. The molecule has 0 fully saturated rings. The van der Waals surface area contributed by atoms with Crippen molar-refractivity contribution in [2.75, 3.05) is 0 Å². The first-order valence-electron chi connectivity index (χ1n) is 22.4. The van der Waals surface area contributed by atoms with Gasteiger partial charge in [0.15, 0.2) is 5.82 Å². The van der Waals surface area contributed by atoms with Crippen LogP contribution in [0.4, 0.5) is 0 Å². The summed E-state index contributed by atoms with van der Waals surface area (Å²) < 4.78 is 6.72. The van der Waals surface area contributed by atoms with E-state index < -0.39 is 5.41 Å². The minimum atomic E-state index is -0.624. The SMILES string of the molecule is CC1(C)c2ccccc2C2(c3ccccc3Oc3ccccc32)c2cc(-c3ccccc3-c3cc(-c4cccc(-c5ccccc5)c4)nc(-c4cccc(-c5ccccc5)c4)n3)ccc21. The molecule has 1 aromatic heterocycles. The number of nitrogens with zero attached hydrogens (tertiary/aromatic N) is 2. The number of aromatic nitrogens is 2. The minimum Gasteiger partial charge on any atom is -0.457 e. The topological polar surface area (TPSA) is 35.0 Å². The molecular formula is C62H44N2O. The third-order valence-electron chi connectivity index (χ3n) is 13.6. The Bertz CT molecular complexity index is 3300. The summed E-state index contributed by atoms with van der Waals surface area (Å²) in [6.45, 7) is 4.73. The maximum absolute atomic E-state index is 6.72. The molecule has 0 N–H and O–H groups in total. The van der Waals surface area contributed by atoms with E-state index in [9.17, 15) is 0 Å². The van der Waals surface area contributed by atoms with Crippen molar-refractivity contribution < 1.29 is 4.74 Å². The first kappa shape index (κ1) is 38.5. The summed E-state index contributed by atoms with van der Waals surface area (Å²) in [5, 5.41) is 0. The van der Waals surface area contributed by atoms with Gasteiger partial charge in [0.05, 0.1) is 16.8 Å². The number of benzene rings is 9. The lowest BCUT2D eigenvalue weighted by Gasteiger charge is -2.50. The maximum Gasteiger partial charge on any atom is 0.160 e. The van der Waals surface area contributed by atoms with Gasteiger partial charge in [-0.3, -0.25) is 0 Å². The normalized spacial score (nSPS) is 13.8. The summed E-state index contributed by atoms with van der Waals surface area (Å²) in [5.41, 5.74) is 18.1. The summed E-state index contributed by atoms with van der Waals surface area (Å²) in [6, 6.07) is 82.5. The molecule has 0 radical (unpaired) electrons. The zero-order valence-electron chi connectivity index (χ0n) is 36.2. The number of fused-ring (bicyclic) bond motifs is 8. The summed E-state index contributed by atoms with van der Waals surface area (Å²) in [6.07, 6.45) is 0. The molecule has 1 spiro atoms. The molecule has 3 heteroatoms. The van der Waals surface area contributed by atoms with Crippen molar-refractivity contribution in [3.8, 4) is 78.8 Å². The molecule has 9 aromatic carbocycles. The second kappa shape index (κ2) is 15.3. The lowest BCUT2D eigenvalue weighted by molar-refractivity contribution is 0.425. The van der Waals surface area contributed by atoms with Gasteiger partial charge in [-0.25, -0.2) is 9.97 Å². The van der Waals surface area contributed by atoms with Crippen molar-refractivity contribution in [2.45, 2.75) is 24.7 Å². The molecule has 2 aliphatic rings. The van der Waals surface area contributed by atoms with Crippen molar-refractivity contribution in [1.29, 1.82) is 0 Å². The Balaban J connectivity index is 1.08. The quantitative estimate of drug-likeness (QED) is 0.167. The number of hydrogen-bond donors (Lipinski definition) is 0. The van der Waals surface area contributed by atoms with Crippen LogP contribution in [-0.4, -0.2) is 9.97 Å². The van der Waals surface area contributed by atoms with E-state index in [1.807, 2.05) is 0 Å². The number of rotatable bonds is 6. The van der Waals surface area contributed by atoms with Crippen LogP contribution in [0.5, 0.6) is 11.5 Å². The Labute approximate surface area is 380 Å². The predicted molar refractivity (Wildman–Crippen MR) is 265 cm³/mol. The van der Waals surface area contributed by atoms with Gasteiger partial charge in [0.25, 0.3) is 0 Å². The smallest absolute Gasteiger partial charge is 0.160 e. The van der Waals surface area contributed by atoms with Crippen LogP contribution in [0.1, 0.15) is 47.2 Å². The first-order valence-corrected chi connectivity index (χ1v) is 22.4. The van der Waals surface area contributed by atoms with Crippen LogP contribution in [0.25, 0.3) is 67.3 Å². The van der Waals surface area contributed by atoms with Crippen molar-refractivity contribution in [3.05, 3.63) is 264 Å². The van der Waals surface area contributed by atoms with Crippen LogP contribution >= 0.6 is 0 Å². The van der Waals surface area contributed by atoms with Crippen LogP contribution in [0.2, 0.25) is 0 Å². The summed E-state index contributed by atoms with van der Waals surface area (Å²) >= 11 is 0. The van der Waals surface area contributed by atoms with E-state index in [1.165, 1.54) is 22.3 Å². The molecule has 0 saturated heterocycles. The first-order chi connectivity index (χ1) is 32.0. The number of hydrogen-bond acceptors (Lipinski definition) is 3. The summed E-state index contributed by atoms with van der Waals surface area (Å²) in [5.74, 6) is 2.44. The van der Waals surface area contributed by atoms with E-state index in [-0.39, 0.29) is 5.41 Å². The number of ether oxygens (including phenoxy) is 1. The van der Waals surface area contributed by atoms with E-state index in [4.69, 9.17) is 14.7 Å². The second-order valence-corrected chi connectivity index (χ2v) is 17.7. The van der Waals surface area contributed by atoms with Crippen molar-refractivity contribution >= 4 is 0 Å². The molecule has 0 bridgehead atoms. The van der Waals surface area contributed by atoms with Gasteiger partial charge in [0.2, 0.25) is 0 Å². The molecule has 65 heavy (non-hydrogen) atoms. The fraction of sp³-hybridized carbons (Fsp3) is 0.0645. The van der Waals surface area contributed by atoms with Gasteiger partial charge in [-0.1, -0.05) is 208 Å². The average Bonchev–Trinajstić information content (AvgIpc) is 3.38. The van der Waals surface area contributed by atoms with Crippen LogP contribution < -0.4 is 4.74 Å². The van der Waals surface area contributed by atoms with Crippen molar-refractivity contribution in [3.63, 3.8) is 0 Å². The minimum absolute atomic E-state index is 0.267. The van der Waals surface area contributed by atoms with Gasteiger partial charge in [-0.05, 0) is 92.0 Å². The molecule has 2 heterocycles. The van der Waals surface area contributed by atoms with Gasteiger partial charge in [-0.15, -0.1) is 0 Å². The van der Waals surface area contributed by atoms with E-state index in [0.29, 0.717) is 5.82 Å². The van der Waals surface area contributed by atoms with Crippen LogP contribution in [0, 0.1) is 0 Å². The lowest BCUT2D eigenvalue weighted by Crippen LogP contribution is -2.43. The third-order valence-corrected chi connectivity index (χ3v) is 13.6. The fourth-order valence-corrected chi connectivity index (χ4v) is 10.6.